The molecule has 0 amide bonds. The van der Waals surface area contributed by atoms with Gasteiger partial charge in [-0.1, -0.05) is 28.1 Å². The number of halogens is 3. The third-order valence-electron chi connectivity index (χ3n) is 3.09. The van der Waals surface area contributed by atoms with Crippen LogP contribution in [0.15, 0.2) is 53.1 Å². The van der Waals surface area contributed by atoms with Crippen molar-refractivity contribution in [1.29, 1.82) is 0 Å². The Bertz CT molecular complexity index is 749. The molecular formula is C15H10BrF2N. The molecule has 0 aliphatic heterocycles. The van der Waals surface area contributed by atoms with Gasteiger partial charge in [0.25, 0.3) is 0 Å². The molecule has 96 valence electrons. The molecule has 19 heavy (non-hydrogen) atoms. The molecule has 2 aromatic carbocycles. The van der Waals surface area contributed by atoms with Crippen molar-refractivity contribution in [3.8, 4) is 0 Å². The minimum absolute atomic E-state index is 0.381. The Balaban J connectivity index is 2.03. The molecule has 0 saturated heterocycles. The molecule has 1 aromatic heterocycles. The van der Waals surface area contributed by atoms with E-state index in [4.69, 9.17) is 0 Å². The van der Waals surface area contributed by atoms with Crippen LogP contribution in [0.1, 0.15) is 5.56 Å². The molecule has 4 heteroatoms. The fourth-order valence-electron chi connectivity index (χ4n) is 2.13. The highest BCUT2D eigenvalue weighted by atomic mass is 79.9. The largest absolute Gasteiger partial charge is 0.343 e. The number of hydrogen-bond acceptors (Lipinski definition) is 0. The number of aromatic nitrogens is 1. The maximum atomic E-state index is 13.7. The Kier molecular flexibility index (Phi) is 3.11. The van der Waals surface area contributed by atoms with Crippen LogP contribution in [0.3, 0.4) is 0 Å². The monoisotopic (exact) mass is 321 g/mol. The summed E-state index contributed by atoms with van der Waals surface area (Å²) < 4.78 is 29.5. The SMILES string of the molecule is Fc1ccc(Cn2ccc3ccc(Br)cc32)c(F)c1. The summed E-state index contributed by atoms with van der Waals surface area (Å²) in [5.41, 5.74) is 1.48. The minimum Gasteiger partial charge on any atom is -0.343 e. The van der Waals surface area contributed by atoms with E-state index in [9.17, 15) is 8.78 Å². The van der Waals surface area contributed by atoms with Gasteiger partial charge in [-0.15, -0.1) is 0 Å². The second-order valence-corrected chi connectivity index (χ2v) is 5.30. The Morgan fingerprint density at radius 2 is 1.84 bits per heavy atom. The van der Waals surface area contributed by atoms with Gasteiger partial charge in [-0.05, 0) is 29.7 Å². The molecule has 0 aliphatic carbocycles. The summed E-state index contributed by atoms with van der Waals surface area (Å²) in [5, 5.41) is 1.09. The molecule has 3 rings (SSSR count). The van der Waals surface area contributed by atoms with Gasteiger partial charge in [0.2, 0.25) is 0 Å². The molecule has 0 N–H and O–H groups in total. The molecule has 0 fully saturated rings. The maximum Gasteiger partial charge on any atom is 0.131 e. The molecule has 0 radical (unpaired) electrons. The van der Waals surface area contributed by atoms with Crippen molar-refractivity contribution in [3.63, 3.8) is 0 Å². The Hall–Kier alpha value is -1.68. The van der Waals surface area contributed by atoms with Gasteiger partial charge in [-0.2, -0.15) is 0 Å². The van der Waals surface area contributed by atoms with Gasteiger partial charge in [0.15, 0.2) is 0 Å². The van der Waals surface area contributed by atoms with Crippen molar-refractivity contribution in [3.05, 3.63) is 70.3 Å². The van der Waals surface area contributed by atoms with E-state index in [1.165, 1.54) is 12.1 Å². The second-order valence-electron chi connectivity index (χ2n) is 4.38. The van der Waals surface area contributed by atoms with Crippen molar-refractivity contribution in [2.75, 3.05) is 0 Å². The number of rotatable bonds is 2. The van der Waals surface area contributed by atoms with Gasteiger partial charge in [0, 0.05) is 27.8 Å². The third-order valence-corrected chi connectivity index (χ3v) is 3.59. The highest BCUT2D eigenvalue weighted by Gasteiger charge is 2.07. The summed E-state index contributed by atoms with van der Waals surface area (Å²) in [6, 6.07) is 11.6. The van der Waals surface area contributed by atoms with E-state index in [2.05, 4.69) is 15.9 Å². The van der Waals surface area contributed by atoms with Crippen LogP contribution >= 0.6 is 15.9 Å². The summed E-state index contributed by atoms with van der Waals surface area (Å²) in [6.45, 7) is 0.381. The first-order valence-electron chi connectivity index (χ1n) is 5.82. The fraction of sp³-hybridized carbons (Fsp3) is 0.0667. The lowest BCUT2D eigenvalue weighted by Crippen LogP contribution is -2.00. The van der Waals surface area contributed by atoms with Crippen LogP contribution in [0.4, 0.5) is 8.78 Å². The van der Waals surface area contributed by atoms with E-state index < -0.39 is 11.6 Å². The summed E-state index contributed by atoms with van der Waals surface area (Å²) in [5.74, 6) is -1.07. The third kappa shape index (κ3) is 2.40. The highest BCUT2D eigenvalue weighted by Crippen LogP contribution is 2.22. The van der Waals surface area contributed by atoms with Crippen LogP contribution in [0, 0.1) is 11.6 Å². The quantitative estimate of drug-likeness (QED) is 0.643. The van der Waals surface area contributed by atoms with Crippen molar-refractivity contribution in [2.45, 2.75) is 6.54 Å². The molecule has 0 bridgehead atoms. The lowest BCUT2D eigenvalue weighted by Gasteiger charge is -2.07. The molecule has 0 saturated carbocycles. The second kappa shape index (κ2) is 4.78. The average Bonchev–Trinajstić information content (AvgIpc) is 2.75. The summed E-state index contributed by atoms with van der Waals surface area (Å²) in [4.78, 5) is 0. The standard InChI is InChI=1S/C15H10BrF2N/c16-12-3-1-10-5-6-19(15(10)7-12)9-11-2-4-13(17)8-14(11)18/h1-8H,9H2. The lowest BCUT2D eigenvalue weighted by molar-refractivity contribution is 0.567. The van der Waals surface area contributed by atoms with E-state index in [1.54, 1.807) is 0 Å². The summed E-state index contributed by atoms with van der Waals surface area (Å²) >= 11 is 3.42. The normalized spacial score (nSPS) is 11.1. The van der Waals surface area contributed by atoms with E-state index in [1.807, 2.05) is 35.0 Å². The number of fused-ring (bicyclic) bond motifs is 1. The summed E-state index contributed by atoms with van der Waals surface area (Å²) in [7, 11) is 0. The van der Waals surface area contributed by atoms with Crippen LogP contribution in [0.2, 0.25) is 0 Å². The Morgan fingerprint density at radius 3 is 2.63 bits per heavy atom. The molecule has 0 unspecified atom stereocenters. The van der Waals surface area contributed by atoms with Crippen molar-refractivity contribution < 1.29 is 8.78 Å². The van der Waals surface area contributed by atoms with Crippen LogP contribution in [0.5, 0.6) is 0 Å². The van der Waals surface area contributed by atoms with Gasteiger partial charge < -0.3 is 4.57 Å². The first-order chi connectivity index (χ1) is 9.13. The van der Waals surface area contributed by atoms with Crippen LogP contribution < -0.4 is 0 Å². The molecule has 0 spiro atoms. The van der Waals surface area contributed by atoms with Crippen LogP contribution in [-0.2, 0) is 6.54 Å². The molecule has 0 aliphatic rings. The van der Waals surface area contributed by atoms with E-state index in [0.717, 1.165) is 21.4 Å². The zero-order chi connectivity index (χ0) is 13.4. The lowest BCUT2D eigenvalue weighted by atomic mass is 10.2. The zero-order valence-electron chi connectivity index (χ0n) is 9.91. The predicted molar refractivity (Wildman–Crippen MR) is 75.1 cm³/mol. The van der Waals surface area contributed by atoms with Crippen molar-refractivity contribution in [2.24, 2.45) is 0 Å². The average molecular weight is 322 g/mol. The molecule has 1 nitrogen and oxygen atoms in total. The van der Waals surface area contributed by atoms with Gasteiger partial charge in [-0.3, -0.25) is 0 Å². The first kappa shape index (κ1) is 12.4. The molecule has 0 atom stereocenters. The van der Waals surface area contributed by atoms with Gasteiger partial charge >= 0.3 is 0 Å². The number of nitrogens with zero attached hydrogens (tertiary/aromatic N) is 1. The zero-order valence-corrected chi connectivity index (χ0v) is 11.5. The topological polar surface area (TPSA) is 4.93 Å². The number of hydrogen-bond donors (Lipinski definition) is 0. The number of benzene rings is 2. The maximum absolute atomic E-state index is 13.7. The van der Waals surface area contributed by atoms with E-state index in [0.29, 0.717) is 12.1 Å². The minimum atomic E-state index is -0.554. The fourth-order valence-corrected chi connectivity index (χ4v) is 2.48. The summed E-state index contributed by atoms with van der Waals surface area (Å²) in [6.07, 6.45) is 1.90. The van der Waals surface area contributed by atoms with Gasteiger partial charge in [0.05, 0.1) is 6.54 Å². The molecule has 3 aromatic rings. The van der Waals surface area contributed by atoms with Crippen LogP contribution in [0.25, 0.3) is 10.9 Å². The highest BCUT2D eigenvalue weighted by molar-refractivity contribution is 9.10. The van der Waals surface area contributed by atoms with Crippen molar-refractivity contribution >= 4 is 26.8 Å². The van der Waals surface area contributed by atoms with Gasteiger partial charge in [0.1, 0.15) is 11.6 Å². The molecular weight excluding hydrogens is 312 g/mol. The molecule has 1 heterocycles. The van der Waals surface area contributed by atoms with E-state index in [-0.39, 0.29) is 0 Å². The van der Waals surface area contributed by atoms with Crippen molar-refractivity contribution in [1.82, 2.24) is 4.57 Å². The first-order valence-corrected chi connectivity index (χ1v) is 6.61. The predicted octanol–water partition coefficient (Wildman–Crippen LogP) is 4.73. The Labute approximate surface area is 117 Å². The van der Waals surface area contributed by atoms with Crippen LogP contribution in [-0.4, -0.2) is 4.57 Å². The van der Waals surface area contributed by atoms with Gasteiger partial charge in [-0.25, -0.2) is 8.78 Å². The smallest absolute Gasteiger partial charge is 0.131 e. The Morgan fingerprint density at radius 1 is 1.00 bits per heavy atom. The van der Waals surface area contributed by atoms with E-state index >= 15 is 0 Å².